The Kier molecular flexibility index (Phi) is 13.0. The Bertz CT molecular complexity index is 1330. The highest BCUT2D eigenvalue weighted by atomic mass is 19.1. The molecule has 0 aliphatic heterocycles. The van der Waals surface area contributed by atoms with Crippen LogP contribution in [-0.2, 0) is 47.8 Å². The maximum absolute atomic E-state index is 17.7. The lowest BCUT2D eigenvalue weighted by Gasteiger charge is -2.62. The molecule has 8 atom stereocenters. The second-order valence-corrected chi connectivity index (χ2v) is 13.6. The minimum atomic E-state index is -2.20. The number of allylic oxidation sites excluding steroid dienone is 4. The lowest BCUT2D eigenvalue weighted by molar-refractivity contribution is -0.493. The maximum atomic E-state index is 17.7. The molecule has 0 radical (unpaired) electrons. The minimum absolute atomic E-state index is 0.000422. The van der Waals surface area contributed by atoms with Crippen molar-refractivity contribution in [3.63, 3.8) is 0 Å². The number of hydrogen-bond acceptors (Lipinski definition) is 17. The van der Waals surface area contributed by atoms with E-state index in [1.54, 1.807) is 20.8 Å². The van der Waals surface area contributed by atoms with Crippen LogP contribution in [0.4, 0.5) is 4.39 Å². The van der Waals surface area contributed by atoms with Gasteiger partial charge in [-0.1, -0.05) is 25.5 Å². The Morgan fingerprint density at radius 3 is 2.30 bits per heavy atom. The number of aliphatic hydroxyl groups excluding tert-OH is 1. The zero-order chi connectivity index (χ0) is 36.9. The molecule has 0 aromatic carbocycles. The number of esters is 2. The molecule has 0 aromatic rings. The molecule has 4 rings (SSSR count). The van der Waals surface area contributed by atoms with Gasteiger partial charge in [-0.15, -0.1) is 0 Å². The lowest BCUT2D eigenvalue weighted by atomic mass is 9.44. The summed E-state index contributed by atoms with van der Waals surface area (Å²) >= 11 is 0. The maximum Gasteiger partial charge on any atom is 0.332 e. The van der Waals surface area contributed by atoms with Crippen molar-refractivity contribution in [2.45, 2.75) is 76.7 Å². The number of alkyl halides is 1. The molecule has 5 N–H and O–H groups in total. The summed E-state index contributed by atoms with van der Waals surface area (Å²) in [6, 6.07) is 0. The lowest BCUT2D eigenvalue weighted by Crippen LogP contribution is -2.70. The van der Waals surface area contributed by atoms with E-state index in [0.717, 1.165) is 0 Å². The topological polar surface area (TPSA) is 231 Å². The molecular weight excluding hydrogens is 671 g/mol. The number of ether oxygens (including phenoxy) is 4. The van der Waals surface area contributed by atoms with Gasteiger partial charge >= 0.3 is 11.9 Å². The Balaban J connectivity index is 1.52. The summed E-state index contributed by atoms with van der Waals surface area (Å²) in [6.45, 7) is 3.27. The summed E-state index contributed by atoms with van der Waals surface area (Å²) < 4.78 is 39.4. The average molecular weight is 719 g/mol. The smallest absolute Gasteiger partial charge is 0.332 e. The molecule has 3 saturated carbocycles. The molecule has 0 saturated heterocycles. The van der Waals surface area contributed by atoms with Crippen molar-refractivity contribution >= 4 is 23.5 Å². The highest BCUT2D eigenvalue weighted by molar-refractivity contribution is 6.01. The van der Waals surface area contributed by atoms with E-state index in [4.69, 9.17) is 39.8 Å². The van der Waals surface area contributed by atoms with Gasteiger partial charge in [0.1, 0.15) is 6.61 Å². The molecule has 50 heavy (non-hydrogen) atoms. The van der Waals surface area contributed by atoms with Gasteiger partial charge in [0.25, 0.3) is 0 Å². The predicted molar refractivity (Wildman–Crippen MR) is 161 cm³/mol. The van der Waals surface area contributed by atoms with Crippen LogP contribution in [-0.4, -0.2) is 124 Å². The Morgan fingerprint density at radius 1 is 0.940 bits per heavy atom. The summed E-state index contributed by atoms with van der Waals surface area (Å²) in [6.07, 6.45) is 2.96. The van der Waals surface area contributed by atoms with Gasteiger partial charge in [0.2, 0.25) is 5.78 Å². The summed E-state index contributed by atoms with van der Waals surface area (Å²) in [5, 5.41) is 45.3. The number of fused-ring (bicyclic) bond motifs is 5. The van der Waals surface area contributed by atoms with E-state index in [-0.39, 0.29) is 70.9 Å². The number of rotatable bonds is 18. The van der Waals surface area contributed by atoms with Crippen LogP contribution in [0.3, 0.4) is 0 Å². The van der Waals surface area contributed by atoms with E-state index in [1.165, 1.54) is 18.2 Å². The molecule has 0 heterocycles. The summed E-state index contributed by atoms with van der Waals surface area (Å²) in [7, 11) is 0. The molecule has 3 unspecified atom stereocenters. The quantitative estimate of drug-likeness (QED) is 0.0773. The molecule has 4 aliphatic carbocycles. The van der Waals surface area contributed by atoms with Crippen molar-refractivity contribution < 1.29 is 78.1 Å². The van der Waals surface area contributed by atoms with E-state index >= 15 is 4.39 Å². The van der Waals surface area contributed by atoms with Crippen LogP contribution in [0.15, 0.2) is 23.8 Å². The first kappa shape index (κ1) is 40.0. The fourth-order valence-corrected chi connectivity index (χ4v) is 8.84. The first-order valence-corrected chi connectivity index (χ1v) is 16.5. The van der Waals surface area contributed by atoms with Crippen molar-refractivity contribution in [3.8, 4) is 0 Å². The Hall–Kier alpha value is -2.75. The normalized spacial score (nSPS) is 34.6. The SMILES string of the molecule is C[C@@H]1CC2C3CCC4=CC(=O)C=C[C@]4(C)C3(F)[C@@H](O)C[C@]2(C)[C@@]1(OC(=O)CCCON(O)O)C(=O)COC(=O)COCCOCCON(O)O. The van der Waals surface area contributed by atoms with E-state index in [1.807, 2.05) is 0 Å². The summed E-state index contributed by atoms with van der Waals surface area (Å²) in [5.41, 5.74) is -6.13. The number of hydrogen-bond donors (Lipinski definition) is 5. The van der Waals surface area contributed by atoms with Gasteiger partial charge in [-0.25, -0.2) is 14.0 Å². The molecule has 17 nitrogen and oxygen atoms in total. The van der Waals surface area contributed by atoms with Crippen molar-refractivity contribution in [1.29, 1.82) is 0 Å². The third kappa shape index (κ3) is 7.70. The first-order valence-electron chi connectivity index (χ1n) is 16.5. The largest absolute Gasteiger partial charge is 0.456 e. The minimum Gasteiger partial charge on any atom is -0.456 e. The van der Waals surface area contributed by atoms with Crippen LogP contribution >= 0.6 is 0 Å². The van der Waals surface area contributed by atoms with Gasteiger partial charge in [0.15, 0.2) is 23.7 Å². The molecule has 0 bridgehead atoms. The highest BCUT2D eigenvalue weighted by Crippen LogP contribution is 2.71. The molecule has 0 aromatic heterocycles. The predicted octanol–water partition coefficient (Wildman–Crippen LogP) is 1.83. The number of aliphatic hydroxyl groups is 1. The van der Waals surface area contributed by atoms with Crippen LogP contribution in [0.5, 0.6) is 0 Å². The molecule has 0 amide bonds. The van der Waals surface area contributed by atoms with Crippen molar-refractivity contribution in [1.82, 2.24) is 10.8 Å². The summed E-state index contributed by atoms with van der Waals surface area (Å²) in [5.74, 6) is -4.77. The number of ketones is 2. The van der Waals surface area contributed by atoms with Gasteiger partial charge in [-0.05, 0) is 57.1 Å². The van der Waals surface area contributed by atoms with Crippen LogP contribution in [0.25, 0.3) is 0 Å². The van der Waals surface area contributed by atoms with Crippen molar-refractivity contribution in [3.05, 3.63) is 23.8 Å². The van der Waals surface area contributed by atoms with Crippen molar-refractivity contribution in [2.75, 3.05) is 46.2 Å². The molecule has 3 fully saturated rings. The van der Waals surface area contributed by atoms with Crippen LogP contribution < -0.4 is 0 Å². The van der Waals surface area contributed by atoms with Crippen LogP contribution in [0.2, 0.25) is 0 Å². The van der Waals surface area contributed by atoms with Gasteiger partial charge < -0.3 is 24.1 Å². The van der Waals surface area contributed by atoms with Gasteiger partial charge in [-0.2, -0.15) is 0 Å². The molecular formula is C32H47FN2O15. The monoisotopic (exact) mass is 718 g/mol. The number of Topliss-reactive ketones (excluding diaryl/α,β-unsaturated/α-hetero) is 1. The zero-order valence-corrected chi connectivity index (χ0v) is 28.3. The second-order valence-electron chi connectivity index (χ2n) is 13.6. The molecule has 0 spiro atoms. The highest BCUT2D eigenvalue weighted by Gasteiger charge is 2.77. The Labute approximate surface area is 287 Å². The number of nitrogens with zero attached hydrogens (tertiary/aromatic N) is 2. The zero-order valence-electron chi connectivity index (χ0n) is 28.3. The van der Waals surface area contributed by atoms with E-state index in [0.29, 0.717) is 12.0 Å². The standard InChI is InChI=1S/C32H47FN2O15/c1-20-15-24-23-7-6-21-16-22(36)8-9-29(21,2)31(23,33)25(37)17-30(24,3)32(20,50-27(39)5-4-10-48-34(41)42)26(38)18-47-28(40)19-46-12-11-45-13-14-49-35(43)44/h8-9,16,20,23-25,37,41-44H,4-7,10-15,17-19H2,1-3H3/t20-,23?,24?,25+,29+,30+,31?,32+/m1/s1. The van der Waals surface area contributed by atoms with E-state index in [9.17, 15) is 24.3 Å². The third-order valence-corrected chi connectivity index (χ3v) is 11.0. The van der Waals surface area contributed by atoms with Crippen molar-refractivity contribution in [2.24, 2.45) is 28.6 Å². The van der Waals surface area contributed by atoms with Gasteiger partial charge in [-0.3, -0.25) is 40.1 Å². The molecule has 282 valence electrons. The van der Waals surface area contributed by atoms with Gasteiger partial charge in [0, 0.05) is 29.1 Å². The Morgan fingerprint density at radius 2 is 1.60 bits per heavy atom. The third-order valence-electron chi connectivity index (χ3n) is 11.0. The number of carbonyl (C=O) groups excluding carboxylic acids is 4. The first-order chi connectivity index (χ1) is 23.5. The van der Waals surface area contributed by atoms with Gasteiger partial charge in [0.05, 0.1) is 49.9 Å². The van der Waals surface area contributed by atoms with E-state index in [2.05, 4.69) is 9.68 Å². The van der Waals surface area contributed by atoms with Crippen LogP contribution in [0.1, 0.15) is 59.3 Å². The van der Waals surface area contributed by atoms with Crippen LogP contribution in [0, 0.1) is 28.6 Å². The van der Waals surface area contributed by atoms with E-state index < -0.39 is 87.7 Å². The second kappa shape index (κ2) is 16.3. The number of carbonyl (C=O) groups is 4. The number of halogens is 1. The molecule has 18 heteroatoms. The fraction of sp³-hybridized carbons (Fsp3) is 0.750. The molecule has 4 aliphatic rings. The summed E-state index contributed by atoms with van der Waals surface area (Å²) in [4.78, 5) is 61.2. The fourth-order valence-electron chi connectivity index (χ4n) is 8.84. The average Bonchev–Trinajstić information content (AvgIpc) is 3.26.